The number of nitrogens with one attached hydrogen (secondary N) is 2. The van der Waals surface area contributed by atoms with E-state index in [1.165, 1.54) is 72.5 Å². The second kappa shape index (κ2) is 6.86. The van der Waals surface area contributed by atoms with Crippen molar-refractivity contribution in [3.8, 4) is 11.3 Å². The van der Waals surface area contributed by atoms with E-state index in [1.807, 2.05) is 0 Å². The molecule has 0 atom stereocenters. The fraction of sp³-hybridized carbons (Fsp3) is 0.348. The van der Waals surface area contributed by atoms with Crippen LogP contribution in [0, 0.1) is 6.92 Å². The standard InChI is InChI=1S/C23H26N4/c1-18-9-11-19(12-10-18)20-17-27-22-8-4-3-7-21(22)26(23(27)24-20)16-15-25-13-5-2-6-14-25/h3-4,7-12,17H,2,5-6,13-16H2,1H3/p+2. The van der Waals surface area contributed by atoms with Gasteiger partial charge < -0.3 is 4.90 Å². The molecule has 138 valence electrons. The summed E-state index contributed by atoms with van der Waals surface area (Å²) in [5.41, 5.74) is 6.30. The molecule has 0 amide bonds. The van der Waals surface area contributed by atoms with Gasteiger partial charge in [0.2, 0.25) is 0 Å². The van der Waals surface area contributed by atoms with Gasteiger partial charge in [0.25, 0.3) is 0 Å². The van der Waals surface area contributed by atoms with Crippen molar-refractivity contribution >= 4 is 16.8 Å². The topological polar surface area (TPSA) is 28.5 Å². The van der Waals surface area contributed by atoms with Gasteiger partial charge in [-0.2, -0.15) is 4.40 Å². The lowest BCUT2D eigenvalue weighted by Gasteiger charge is -2.22. The second-order valence-electron chi connectivity index (χ2n) is 7.93. The van der Waals surface area contributed by atoms with Crippen LogP contribution in [0.5, 0.6) is 0 Å². The largest absolute Gasteiger partial charge is 0.368 e. The highest BCUT2D eigenvalue weighted by molar-refractivity contribution is 5.76. The molecule has 4 aromatic rings. The van der Waals surface area contributed by atoms with Crippen LogP contribution in [0.15, 0.2) is 54.7 Å². The zero-order valence-electron chi connectivity index (χ0n) is 16.0. The third-order valence-electron chi connectivity index (χ3n) is 6.03. The maximum Gasteiger partial charge on any atom is 0.368 e. The number of hydrogen-bond donors (Lipinski definition) is 2. The maximum absolute atomic E-state index is 3.69. The van der Waals surface area contributed by atoms with Gasteiger partial charge in [-0.05, 0) is 38.3 Å². The first kappa shape index (κ1) is 16.6. The average molecular weight is 361 g/mol. The zero-order valence-corrected chi connectivity index (χ0v) is 16.0. The third-order valence-corrected chi connectivity index (χ3v) is 6.03. The number of piperidine rings is 1. The summed E-state index contributed by atoms with van der Waals surface area (Å²) >= 11 is 0. The van der Waals surface area contributed by atoms with E-state index in [-0.39, 0.29) is 0 Å². The predicted molar refractivity (Wildman–Crippen MR) is 109 cm³/mol. The smallest absolute Gasteiger partial charge is 0.332 e. The Bertz CT molecular complexity index is 1070. The number of rotatable bonds is 4. The maximum atomic E-state index is 3.69. The van der Waals surface area contributed by atoms with Crippen LogP contribution in [-0.2, 0) is 6.54 Å². The Morgan fingerprint density at radius 2 is 1.78 bits per heavy atom. The molecule has 1 saturated heterocycles. The lowest BCUT2D eigenvalue weighted by molar-refractivity contribution is -0.920. The summed E-state index contributed by atoms with van der Waals surface area (Å²) in [5, 5.41) is 0. The number of likely N-dealkylation sites (tertiary alicyclic amines) is 1. The molecule has 2 aromatic carbocycles. The molecule has 0 saturated carbocycles. The Kier molecular flexibility index (Phi) is 4.21. The van der Waals surface area contributed by atoms with Crippen LogP contribution in [0.3, 0.4) is 0 Å². The van der Waals surface area contributed by atoms with Crippen LogP contribution in [-0.4, -0.2) is 29.0 Å². The molecule has 2 aromatic heterocycles. The number of fused-ring (bicyclic) bond motifs is 3. The molecule has 1 aliphatic rings. The molecule has 3 heterocycles. The first-order chi connectivity index (χ1) is 13.3. The van der Waals surface area contributed by atoms with Crippen molar-refractivity contribution in [2.24, 2.45) is 0 Å². The van der Waals surface area contributed by atoms with E-state index in [0.29, 0.717) is 0 Å². The van der Waals surface area contributed by atoms with Crippen LogP contribution >= 0.6 is 0 Å². The number of aryl methyl sites for hydroxylation is 1. The molecule has 4 heteroatoms. The van der Waals surface area contributed by atoms with Crippen molar-refractivity contribution in [1.82, 2.24) is 9.38 Å². The predicted octanol–water partition coefficient (Wildman–Crippen LogP) is 2.75. The number of hydrogen-bond acceptors (Lipinski definition) is 0. The van der Waals surface area contributed by atoms with Crippen LogP contribution in [0.2, 0.25) is 0 Å². The van der Waals surface area contributed by atoms with Gasteiger partial charge in [0.1, 0.15) is 36.0 Å². The first-order valence-electron chi connectivity index (χ1n) is 10.2. The van der Waals surface area contributed by atoms with E-state index >= 15 is 0 Å². The Hall–Kier alpha value is -2.59. The number of quaternary nitrogens is 1. The molecular weight excluding hydrogens is 332 g/mol. The number of imidazole rings is 2. The summed E-state index contributed by atoms with van der Waals surface area (Å²) in [4.78, 5) is 5.45. The lowest BCUT2D eigenvalue weighted by Crippen LogP contribution is -3.13. The Morgan fingerprint density at radius 3 is 2.59 bits per heavy atom. The third kappa shape index (κ3) is 3.04. The van der Waals surface area contributed by atoms with Gasteiger partial charge in [-0.1, -0.05) is 42.0 Å². The van der Waals surface area contributed by atoms with Gasteiger partial charge in [-0.3, -0.25) is 0 Å². The highest BCUT2D eigenvalue weighted by Crippen LogP contribution is 2.22. The van der Waals surface area contributed by atoms with Crippen molar-refractivity contribution in [3.05, 3.63) is 60.3 Å². The SMILES string of the molecule is Cc1ccc(-c2cn3c4ccccc4[n+](CC[NH+]4CCCCC4)c3[nH]2)cc1. The minimum absolute atomic E-state index is 1.06. The van der Waals surface area contributed by atoms with Crippen LogP contribution in [0.4, 0.5) is 0 Å². The number of aromatic amines is 1. The number of aromatic nitrogens is 3. The summed E-state index contributed by atoms with van der Waals surface area (Å²) in [6.07, 6.45) is 6.41. The Morgan fingerprint density at radius 1 is 1.00 bits per heavy atom. The van der Waals surface area contributed by atoms with Crippen molar-refractivity contribution in [1.29, 1.82) is 0 Å². The first-order valence-corrected chi connectivity index (χ1v) is 10.2. The number of benzene rings is 2. The second-order valence-corrected chi connectivity index (χ2v) is 7.93. The van der Waals surface area contributed by atoms with E-state index in [2.05, 4.69) is 75.6 Å². The molecule has 1 aliphatic heterocycles. The molecule has 27 heavy (non-hydrogen) atoms. The van der Waals surface area contributed by atoms with Crippen molar-refractivity contribution in [2.45, 2.75) is 32.7 Å². The summed E-state index contributed by atoms with van der Waals surface area (Å²) in [7, 11) is 0. The fourth-order valence-corrected chi connectivity index (χ4v) is 4.47. The van der Waals surface area contributed by atoms with E-state index in [0.717, 1.165) is 6.54 Å². The van der Waals surface area contributed by atoms with Gasteiger partial charge in [0, 0.05) is 5.56 Å². The van der Waals surface area contributed by atoms with Crippen LogP contribution in [0.25, 0.3) is 28.1 Å². The van der Waals surface area contributed by atoms with Crippen molar-refractivity contribution in [2.75, 3.05) is 19.6 Å². The van der Waals surface area contributed by atoms with Crippen molar-refractivity contribution in [3.63, 3.8) is 0 Å². The molecule has 1 fully saturated rings. The molecule has 0 unspecified atom stereocenters. The quantitative estimate of drug-likeness (QED) is 0.524. The van der Waals surface area contributed by atoms with E-state index < -0.39 is 0 Å². The molecule has 5 rings (SSSR count). The number of para-hydroxylation sites is 2. The van der Waals surface area contributed by atoms with Gasteiger partial charge in [-0.15, -0.1) is 0 Å². The van der Waals surface area contributed by atoms with Crippen LogP contribution in [0.1, 0.15) is 24.8 Å². The van der Waals surface area contributed by atoms with E-state index in [9.17, 15) is 0 Å². The van der Waals surface area contributed by atoms with Gasteiger partial charge in [-0.25, -0.2) is 9.55 Å². The summed E-state index contributed by atoms with van der Waals surface area (Å²) in [6, 6.07) is 17.5. The molecule has 0 radical (unpaired) electrons. The molecule has 0 bridgehead atoms. The molecule has 4 nitrogen and oxygen atoms in total. The fourth-order valence-electron chi connectivity index (χ4n) is 4.47. The Balaban J connectivity index is 1.55. The molecule has 0 spiro atoms. The Labute approximate surface area is 160 Å². The normalized spacial score (nSPS) is 15.7. The van der Waals surface area contributed by atoms with Gasteiger partial charge >= 0.3 is 5.78 Å². The summed E-state index contributed by atoms with van der Waals surface area (Å²) < 4.78 is 4.78. The summed E-state index contributed by atoms with van der Waals surface area (Å²) in [5.74, 6) is 1.18. The molecule has 2 N–H and O–H groups in total. The summed E-state index contributed by atoms with van der Waals surface area (Å²) in [6.45, 7) is 7.05. The molecular formula is C23H28N4+2. The van der Waals surface area contributed by atoms with Gasteiger partial charge in [0.05, 0.1) is 13.1 Å². The highest BCUT2D eigenvalue weighted by atomic mass is 15.2. The number of nitrogens with zero attached hydrogens (tertiary/aromatic N) is 2. The number of H-pyrrole nitrogens is 1. The minimum atomic E-state index is 1.06. The monoisotopic (exact) mass is 360 g/mol. The lowest BCUT2D eigenvalue weighted by atomic mass is 10.1. The average Bonchev–Trinajstić information content (AvgIpc) is 3.26. The highest BCUT2D eigenvalue weighted by Gasteiger charge is 2.23. The van der Waals surface area contributed by atoms with E-state index in [4.69, 9.17) is 0 Å². The van der Waals surface area contributed by atoms with E-state index in [1.54, 1.807) is 4.90 Å². The van der Waals surface area contributed by atoms with Crippen molar-refractivity contribution < 1.29 is 9.47 Å². The molecule has 0 aliphatic carbocycles. The van der Waals surface area contributed by atoms with Gasteiger partial charge in [0.15, 0.2) is 0 Å². The minimum Gasteiger partial charge on any atom is -0.332 e. The van der Waals surface area contributed by atoms with Crippen LogP contribution < -0.4 is 9.47 Å². The zero-order chi connectivity index (χ0) is 18.2.